The summed E-state index contributed by atoms with van der Waals surface area (Å²) in [5.41, 5.74) is 7.06. The Morgan fingerprint density at radius 3 is 3.11 bits per heavy atom. The normalized spacial score (nSPS) is 18.1. The molecule has 100 valence electrons. The summed E-state index contributed by atoms with van der Waals surface area (Å²) < 4.78 is 7.30. The molecule has 0 saturated heterocycles. The van der Waals surface area contributed by atoms with Crippen molar-refractivity contribution in [3.8, 4) is 5.75 Å². The lowest BCUT2D eigenvalue weighted by Gasteiger charge is -2.17. The van der Waals surface area contributed by atoms with E-state index in [1.54, 1.807) is 7.11 Å². The number of ether oxygens (including phenoxy) is 1. The van der Waals surface area contributed by atoms with Crippen molar-refractivity contribution in [3.63, 3.8) is 0 Å². The summed E-state index contributed by atoms with van der Waals surface area (Å²) in [6.45, 7) is 0.772. The lowest BCUT2D eigenvalue weighted by Crippen LogP contribution is -2.32. The van der Waals surface area contributed by atoms with E-state index in [-0.39, 0.29) is 6.04 Å². The number of aryl methyl sites for hydroxylation is 1. The van der Waals surface area contributed by atoms with Gasteiger partial charge < -0.3 is 10.5 Å². The molecule has 2 heterocycles. The second-order valence-corrected chi connectivity index (χ2v) is 4.91. The molecule has 0 radical (unpaired) electrons. The van der Waals surface area contributed by atoms with Crippen LogP contribution < -0.4 is 10.5 Å². The third-order valence-corrected chi connectivity index (χ3v) is 3.48. The van der Waals surface area contributed by atoms with Gasteiger partial charge >= 0.3 is 0 Å². The number of hydrogen-bond acceptors (Lipinski definition) is 4. The Morgan fingerprint density at radius 1 is 1.42 bits per heavy atom. The van der Waals surface area contributed by atoms with E-state index in [4.69, 9.17) is 10.5 Å². The van der Waals surface area contributed by atoms with Gasteiger partial charge in [-0.15, -0.1) is 0 Å². The van der Waals surface area contributed by atoms with Crippen LogP contribution in [-0.2, 0) is 19.4 Å². The van der Waals surface area contributed by atoms with Crippen molar-refractivity contribution in [2.75, 3.05) is 7.11 Å². The summed E-state index contributed by atoms with van der Waals surface area (Å²) in [5, 5.41) is 4.54. The number of nitrogens with zero attached hydrogens (tertiary/aromatic N) is 3. The van der Waals surface area contributed by atoms with E-state index in [0.29, 0.717) is 6.42 Å². The number of methoxy groups -OCH3 is 1. The Hall–Kier alpha value is -1.88. The Labute approximate surface area is 112 Å². The molecule has 3 rings (SSSR count). The summed E-state index contributed by atoms with van der Waals surface area (Å²) in [4.78, 5) is 4.60. The molecule has 2 aromatic rings. The third kappa shape index (κ3) is 2.46. The molecule has 1 atom stereocenters. The lowest BCUT2D eigenvalue weighted by molar-refractivity contribution is 0.410. The van der Waals surface area contributed by atoms with Gasteiger partial charge in [0.2, 0.25) is 0 Å². The zero-order valence-electron chi connectivity index (χ0n) is 11.0. The Balaban J connectivity index is 1.84. The van der Waals surface area contributed by atoms with Gasteiger partial charge in [0.15, 0.2) is 5.82 Å². The van der Waals surface area contributed by atoms with Crippen LogP contribution in [0.5, 0.6) is 5.75 Å². The molecule has 0 saturated carbocycles. The molecule has 5 nitrogen and oxygen atoms in total. The largest absolute Gasteiger partial charge is 0.496 e. The molecule has 2 N–H and O–H groups in total. The quantitative estimate of drug-likeness (QED) is 0.897. The maximum Gasteiger partial charge on any atom is 0.155 e. The molecule has 1 unspecified atom stereocenters. The highest BCUT2D eigenvalue weighted by atomic mass is 16.5. The monoisotopic (exact) mass is 258 g/mol. The highest BCUT2D eigenvalue weighted by Gasteiger charge is 2.19. The van der Waals surface area contributed by atoms with Crippen molar-refractivity contribution in [1.29, 1.82) is 0 Å². The Morgan fingerprint density at radius 2 is 2.26 bits per heavy atom. The number of aromatic nitrogens is 3. The number of para-hydroxylation sites is 1. The van der Waals surface area contributed by atoms with Gasteiger partial charge in [-0.05, 0) is 12.5 Å². The van der Waals surface area contributed by atoms with Gasteiger partial charge in [-0.25, -0.2) is 9.67 Å². The molecule has 1 aliphatic rings. The van der Waals surface area contributed by atoms with Crippen LogP contribution in [-0.4, -0.2) is 27.9 Å². The minimum atomic E-state index is 0.202. The predicted octanol–water partition coefficient (Wildman–Crippen LogP) is 1.15. The number of hydrogen-bond donors (Lipinski definition) is 1. The summed E-state index contributed by atoms with van der Waals surface area (Å²) >= 11 is 0. The zero-order chi connectivity index (χ0) is 13.2. The van der Waals surface area contributed by atoms with E-state index in [9.17, 15) is 0 Å². The van der Waals surface area contributed by atoms with Gasteiger partial charge in [-0.1, -0.05) is 18.2 Å². The van der Waals surface area contributed by atoms with Crippen LogP contribution in [0.4, 0.5) is 0 Å². The topological polar surface area (TPSA) is 66.0 Å². The van der Waals surface area contributed by atoms with Crippen molar-refractivity contribution in [1.82, 2.24) is 14.8 Å². The molecular formula is C14H18N4O. The van der Waals surface area contributed by atoms with Crippen molar-refractivity contribution >= 4 is 0 Å². The third-order valence-electron chi connectivity index (χ3n) is 3.48. The molecule has 0 amide bonds. The molecule has 0 spiro atoms. The first-order valence-electron chi connectivity index (χ1n) is 6.56. The van der Waals surface area contributed by atoms with Crippen LogP contribution in [0.1, 0.15) is 23.6 Å². The van der Waals surface area contributed by atoms with Crippen LogP contribution in [0.2, 0.25) is 0 Å². The average molecular weight is 258 g/mol. The van der Waals surface area contributed by atoms with Gasteiger partial charge in [0.1, 0.15) is 11.6 Å². The van der Waals surface area contributed by atoms with Crippen LogP contribution in [0.3, 0.4) is 0 Å². The summed E-state index contributed by atoms with van der Waals surface area (Å²) in [5.74, 6) is 2.77. The van der Waals surface area contributed by atoms with Gasteiger partial charge in [-0.2, -0.15) is 5.10 Å². The van der Waals surface area contributed by atoms with Gasteiger partial charge in [-0.3, -0.25) is 0 Å². The second kappa shape index (κ2) is 5.01. The van der Waals surface area contributed by atoms with Gasteiger partial charge in [0, 0.05) is 24.4 Å². The highest BCUT2D eigenvalue weighted by molar-refractivity contribution is 5.35. The number of benzene rings is 1. The van der Waals surface area contributed by atoms with Crippen LogP contribution >= 0.6 is 0 Å². The molecule has 1 aromatic heterocycles. The van der Waals surface area contributed by atoms with Crippen molar-refractivity contribution in [2.45, 2.75) is 31.8 Å². The number of nitrogens with two attached hydrogens (primary N) is 1. The first-order valence-corrected chi connectivity index (χ1v) is 6.56. The molecule has 0 aliphatic carbocycles. The zero-order valence-corrected chi connectivity index (χ0v) is 11.0. The average Bonchev–Trinajstić information content (AvgIpc) is 2.80. The Kier molecular flexibility index (Phi) is 3.21. The molecule has 5 heteroatoms. The van der Waals surface area contributed by atoms with Crippen molar-refractivity contribution in [2.24, 2.45) is 5.73 Å². The smallest absolute Gasteiger partial charge is 0.155 e. The maximum atomic E-state index is 5.95. The fourth-order valence-electron chi connectivity index (χ4n) is 2.48. The first kappa shape index (κ1) is 12.2. The summed E-state index contributed by atoms with van der Waals surface area (Å²) in [7, 11) is 1.68. The lowest BCUT2D eigenvalue weighted by atomic mass is 10.1. The van der Waals surface area contributed by atoms with Gasteiger partial charge in [0.25, 0.3) is 0 Å². The first-order chi connectivity index (χ1) is 9.26. The van der Waals surface area contributed by atoms with E-state index in [1.807, 2.05) is 28.9 Å². The molecular weight excluding hydrogens is 240 g/mol. The van der Waals surface area contributed by atoms with Gasteiger partial charge in [0.05, 0.1) is 13.7 Å². The van der Waals surface area contributed by atoms with E-state index in [0.717, 1.165) is 42.3 Å². The van der Waals surface area contributed by atoms with E-state index in [2.05, 4.69) is 10.1 Å². The Bertz CT molecular complexity index is 579. The summed E-state index contributed by atoms with van der Waals surface area (Å²) in [6, 6.07) is 8.18. The van der Waals surface area contributed by atoms with E-state index in [1.165, 1.54) is 0 Å². The SMILES string of the molecule is COc1ccccc1Cc1nc2n(n1)CC(N)CC2. The molecule has 0 bridgehead atoms. The van der Waals surface area contributed by atoms with E-state index < -0.39 is 0 Å². The molecule has 1 aromatic carbocycles. The molecule has 1 aliphatic heterocycles. The van der Waals surface area contributed by atoms with Crippen LogP contribution in [0, 0.1) is 0 Å². The van der Waals surface area contributed by atoms with Crippen molar-refractivity contribution < 1.29 is 4.74 Å². The predicted molar refractivity (Wildman–Crippen MR) is 72.1 cm³/mol. The molecule has 0 fully saturated rings. The fourth-order valence-corrected chi connectivity index (χ4v) is 2.48. The van der Waals surface area contributed by atoms with Crippen LogP contribution in [0.15, 0.2) is 24.3 Å². The summed E-state index contributed by atoms with van der Waals surface area (Å²) in [6.07, 6.45) is 2.60. The highest BCUT2D eigenvalue weighted by Crippen LogP contribution is 2.20. The number of rotatable bonds is 3. The molecule has 19 heavy (non-hydrogen) atoms. The maximum absolute atomic E-state index is 5.95. The van der Waals surface area contributed by atoms with Crippen molar-refractivity contribution in [3.05, 3.63) is 41.5 Å². The van der Waals surface area contributed by atoms with E-state index >= 15 is 0 Å². The standard InChI is InChI=1S/C14H18N4O/c1-19-12-5-3-2-4-10(12)8-13-16-14-7-6-11(15)9-18(14)17-13/h2-5,11H,6-9,15H2,1H3. The second-order valence-electron chi connectivity index (χ2n) is 4.91. The number of fused-ring (bicyclic) bond motifs is 1. The minimum absolute atomic E-state index is 0.202. The minimum Gasteiger partial charge on any atom is -0.496 e. The van der Waals surface area contributed by atoms with Crippen LogP contribution in [0.25, 0.3) is 0 Å². The fraction of sp³-hybridized carbons (Fsp3) is 0.429.